The van der Waals surface area contributed by atoms with Gasteiger partial charge in [0.05, 0.1) is 18.2 Å². The molecule has 2 heterocycles. The molecule has 1 N–H and O–H groups in total. The highest BCUT2D eigenvalue weighted by molar-refractivity contribution is 6.51. The maximum absolute atomic E-state index is 13.2. The van der Waals surface area contributed by atoms with E-state index in [0.29, 0.717) is 29.2 Å². The molecule has 1 atom stereocenters. The molecule has 2 aromatic carbocycles. The Morgan fingerprint density at radius 2 is 1.69 bits per heavy atom. The number of hydrogen-bond acceptors (Lipinski definition) is 5. The van der Waals surface area contributed by atoms with Crippen LogP contribution in [0.25, 0.3) is 5.76 Å². The number of carbonyl (C=O) groups excluding carboxylic acids is 2. The molecule has 1 unspecified atom stereocenters. The molecule has 1 saturated heterocycles. The Balaban J connectivity index is 1.88. The number of amides is 1. The van der Waals surface area contributed by atoms with Gasteiger partial charge < -0.3 is 9.84 Å². The van der Waals surface area contributed by atoms with Crippen LogP contribution in [0.15, 0.2) is 72.6 Å². The van der Waals surface area contributed by atoms with Crippen LogP contribution in [0.5, 0.6) is 5.75 Å². The molecule has 1 aromatic heterocycles. The van der Waals surface area contributed by atoms with Crippen LogP contribution < -0.4 is 9.64 Å². The van der Waals surface area contributed by atoms with E-state index in [1.54, 1.807) is 54.9 Å². The van der Waals surface area contributed by atoms with Crippen LogP contribution in [-0.2, 0) is 9.59 Å². The van der Waals surface area contributed by atoms with Gasteiger partial charge >= 0.3 is 0 Å². The monoisotopic (exact) mass is 428 g/mol. The van der Waals surface area contributed by atoms with E-state index < -0.39 is 17.7 Å². The molecule has 1 amide bonds. The Morgan fingerprint density at radius 3 is 2.31 bits per heavy atom. The van der Waals surface area contributed by atoms with Crippen molar-refractivity contribution in [3.63, 3.8) is 0 Å². The summed E-state index contributed by atoms with van der Waals surface area (Å²) in [6.45, 7) is 6.32. The Kier molecular flexibility index (Phi) is 5.77. The zero-order valence-corrected chi connectivity index (χ0v) is 18.2. The van der Waals surface area contributed by atoms with E-state index in [9.17, 15) is 14.7 Å². The van der Waals surface area contributed by atoms with Gasteiger partial charge in [0, 0.05) is 23.6 Å². The lowest BCUT2D eigenvalue weighted by molar-refractivity contribution is -0.132. The molecule has 1 aliphatic heterocycles. The molecular formula is C26H24N2O4. The summed E-state index contributed by atoms with van der Waals surface area (Å²) in [5, 5.41) is 11.2. The lowest BCUT2D eigenvalue weighted by Crippen LogP contribution is -2.29. The molecule has 0 aliphatic carbocycles. The average Bonchev–Trinajstić information content (AvgIpc) is 3.07. The molecule has 6 nitrogen and oxygen atoms in total. The first-order valence-corrected chi connectivity index (χ1v) is 10.4. The first-order chi connectivity index (χ1) is 15.4. The van der Waals surface area contributed by atoms with E-state index in [4.69, 9.17) is 4.74 Å². The molecule has 0 radical (unpaired) electrons. The number of anilines is 1. The number of aromatic nitrogens is 1. The van der Waals surface area contributed by atoms with Crippen molar-refractivity contribution in [2.45, 2.75) is 26.8 Å². The molecule has 1 aliphatic rings. The summed E-state index contributed by atoms with van der Waals surface area (Å²) in [6, 6.07) is 15.1. The van der Waals surface area contributed by atoms with Crippen molar-refractivity contribution in [1.29, 1.82) is 0 Å². The Hall–Kier alpha value is -3.93. The summed E-state index contributed by atoms with van der Waals surface area (Å²) in [6.07, 6.45) is 3.20. The highest BCUT2D eigenvalue weighted by atomic mass is 16.5. The minimum Gasteiger partial charge on any atom is -0.507 e. The van der Waals surface area contributed by atoms with Crippen LogP contribution in [0.4, 0.5) is 5.69 Å². The third-order valence-corrected chi connectivity index (χ3v) is 5.67. The summed E-state index contributed by atoms with van der Waals surface area (Å²) >= 11 is 0. The maximum Gasteiger partial charge on any atom is 0.300 e. The van der Waals surface area contributed by atoms with Gasteiger partial charge in [0.15, 0.2) is 0 Å². The lowest BCUT2D eigenvalue weighted by atomic mass is 9.94. The topological polar surface area (TPSA) is 79.7 Å². The van der Waals surface area contributed by atoms with Crippen LogP contribution in [0.1, 0.15) is 35.2 Å². The molecule has 32 heavy (non-hydrogen) atoms. The van der Waals surface area contributed by atoms with Crippen LogP contribution in [0, 0.1) is 13.8 Å². The molecule has 6 heteroatoms. The quantitative estimate of drug-likeness (QED) is 0.361. The average molecular weight is 428 g/mol. The largest absolute Gasteiger partial charge is 0.507 e. The summed E-state index contributed by atoms with van der Waals surface area (Å²) in [4.78, 5) is 31.8. The minimum atomic E-state index is -0.780. The number of aliphatic hydroxyl groups excluding tert-OH is 1. The molecule has 162 valence electrons. The Bertz CT molecular complexity index is 1200. The fraction of sp³-hybridized carbons (Fsp3) is 0.192. The van der Waals surface area contributed by atoms with Gasteiger partial charge in [0.2, 0.25) is 0 Å². The van der Waals surface area contributed by atoms with E-state index in [1.165, 1.54) is 4.90 Å². The van der Waals surface area contributed by atoms with E-state index in [1.807, 2.05) is 32.9 Å². The normalized spacial score (nSPS) is 17.6. The summed E-state index contributed by atoms with van der Waals surface area (Å²) in [5.41, 5.74) is 3.82. The number of nitrogens with zero attached hydrogens (tertiary/aromatic N) is 2. The summed E-state index contributed by atoms with van der Waals surface area (Å²) in [5.74, 6) is -0.942. The molecule has 1 fully saturated rings. The van der Waals surface area contributed by atoms with Gasteiger partial charge in [-0.1, -0.05) is 12.1 Å². The number of rotatable bonds is 5. The predicted molar refractivity (Wildman–Crippen MR) is 123 cm³/mol. The van der Waals surface area contributed by atoms with E-state index in [0.717, 1.165) is 11.1 Å². The second-order valence-corrected chi connectivity index (χ2v) is 7.68. The van der Waals surface area contributed by atoms with Crippen molar-refractivity contribution >= 4 is 23.1 Å². The zero-order chi connectivity index (χ0) is 22.8. The van der Waals surface area contributed by atoms with Crippen molar-refractivity contribution < 1.29 is 19.4 Å². The van der Waals surface area contributed by atoms with Gasteiger partial charge in [0.1, 0.15) is 11.5 Å². The van der Waals surface area contributed by atoms with Gasteiger partial charge in [0.25, 0.3) is 11.7 Å². The Labute approximate surface area is 186 Å². The number of carbonyl (C=O) groups is 2. The van der Waals surface area contributed by atoms with Crippen molar-refractivity contribution in [3.05, 3.63) is 94.8 Å². The number of pyridine rings is 1. The molecule has 4 rings (SSSR count). The summed E-state index contributed by atoms with van der Waals surface area (Å²) in [7, 11) is 0. The molecular weight excluding hydrogens is 404 g/mol. The molecule has 0 spiro atoms. The van der Waals surface area contributed by atoms with Crippen molar-refractivity contribution in [2.24, 2.45) is 0 Å². The number of aryl methyl sites for hydroxylation is 2. The second-order valence-electron chi connectivity index (χ2n) is 7.68. The third kappa shape index (κ3) is 3.75. The van der Waals surface area contributed by atoms with Crippen LogP contribution >= 0.6 is 0 Å². The number of Topliss-reactive ketones (excluding diaryl/α,β-unsaturated/α-hetero) is 1. The summed E-state index contributed by atoms with van der Waals surface area (Å²) < 4.78 is 5.49. The zero-order valence-electron chi connectivity index (χ0n) is 18.2. The van der Waals surface area contributed by atoms with Crippen molar-refractivity contribution in [1.82, 2.24) is 4.98 Å². The number of benzene rings is 2. The highest BCUT2D eigenvalue weighted by Gasteiger charge is 2.47. The van der Waals surface area contributed by atoms with Crippen LogP contribution in [0.3, 0.4) is 0 Å². The van der Waals surface area contributed by atoms with Gasteiger partial charge in [-0.3, -0.25) is 19.5 Å². The highest BCUT2D eigenvalue weighted by Crippen LogP contribution is 2.42. The van der Waals surface area contributed by atoms with Gasteiger partial charge in [-0.05, 0) is 79.9 Å². The molecule has 0 bridgehead atoms. The first-order valence-electron chi connectivity index (χ1n) is 10.4. The Morgan fingerprint density at radius 1 is 1.00 bits per heavy atom. The van der Waals surface area contributed by atoms with Crippen LogP contribution in [0.2, 0.25) is 0 Å². The second kappa shape index (κ2) is 8.67. The number of ketones is 1. The number of hydrogen-bond donors (Lipinski definition) is 1. The fourth-order valence-corrected chi connectivity index (χ4v) is 3.87. The third-order valence-electron chi connectivity index (χ3n) is 5.67. The first kappa shape index (κ1) is 21.3. The number of ether oxygens (including phenoxy) is 1. The molecule has 0 saturated carbocycles. The number of aliphatic hydroxyl groups is 1. The van der Waals surface area contributed by atoms with Gasteiger partial charge in [-0.25, -0.2) is 0 Å². The van der Waals surface area contributed by atoms with Crippen LogP contribution in [-0.4, -0.2) is 28.4 Å². The predicted octanol–water partition coefficient (Wildman–Crippen LogP) is 4.72. The lowest BCUT2D eigenvalue weighted by Gasteiger charge is -2.25. The van der Waals surface area contributed by atoms with Crippen molar-refractivity contribution in [3.8, 4) is 5.75 Å². The smallest absolute Gasteiger partial charge is 0.300 e. The SMILES string of the molecule is CCOc1ccc(N2C(=O)C(=O)/C(=C(\O)c3ccc(C)c(C)c3)C2c2ccncc2)cc1. The van der Waals surface area contributed by atoms with Gasteiger partial charge in [-0.2, -0.15) is 0 Å². The maximum atomic E-state index is 13.2. The van der Waals surface area contributed by atoms with E-state index >= 15 is 0 Å². The fourth-order valence-electron chi connectivity index (χ4n) is 3.87. The standard InChI is InChI=1S/C26H24N2O4/c1-4-32-21-9-7-20(8-10-21)28-23(18-11-13-27-14-12-18)22(25(30)26(28)31)24(29)19-6-5-16(2)17(3)15-19/h5-15,23,29H,4H2,1-3H3/b24-22-. The van der Waals surface area contributed by atoms with Crippen molar-refractivity contribution in [2.75, 3.05) is 11.5 Å². The van der Waals surface area contributed by atoms with Gasteiger partial charge in [-0.15, -0.1) is 0 Å². The minimum absolute atomic E-state index is 0.0540. The van der Waals surface area contributed by atoms with E-state index in [2.05, 4.69) is 4.98 Å². The molecule has 3 aromatic rings. The van der Waals surface area contributed by atoms with E-state index in [-0.39, 0.29) is 11.3 Å².